The molecular weight excluding hydrogens is 410 g/mol. The van der Waals surface area contributed by atoms with Crippen molar-refractivity contribution in [3.05, 3.63) is 40.9 Å². The molecule has 30 heavy (non-hydrogen) atoms. The molecule has 1 aliphatic heterocycles. The van der Waals surface area contributed by atoms with Gasteiger partial charge in [-0.2, -0.15) is 5.10 Å². The molecule has 0 aliphatic carbocycles. The normalized spacial score (nSPS) is 19.0. The van der Waals surface area contributed by atoms with Crippen molar-refractivity contribution in [2.45, 2.75) is 38.8 Å². The molecule has 1 aliphatic rings. The van der Waals surface area contributed by atoms with Gasteiger partial charge >= 0.3 is 0 Å². The van der Waals surface area contributed by atoms with Gasteiger partial charge in [0.25, 0.3) is 0 Å². The monoisotopic (exact) mass is 435 g/mol. The number of hydrogen-bond donors (Lipinski definition) is 1. The lowest BCUT2D eigenvalue weighted by atomic mass is 9.97. The average molecular weight is 436 g/mol. The zero-order chi connectivity index (χ0) is 21.7. The Morgan fingerprint density at radius 2 is 2.03 bits per heavy atom. The molecule has 3 rings (SSSR count). The molecule has 2 amide bonds. The van der Waals surface area contributed by atoms with Crippen molar-refractivity contribution in [1.29, 1.82) is 0 Å². The zero-order valence-corrected chi connectivity index (χ0v) is 17.9. The molecule has 1 fully saturated rings. The van der Waals surface area contributed by atoms with Gasteiger partial charge in [-0.05, 0) is 38.1 Å². The Labute approximate surface area is 180 Å². The summed E-state index contributed by atoms with van der Waals surface area (Å²) in [6.45, 7) is 5.14. The third-order valence-electron chi connectivity index (χ3n) is 4.91. The fraction of sp³-hybridized carbons (Fsp3) is 0.500. The van der Waals surface area contributed by atoms with Gasteiger partial charge in [-0.15, -0.1) is 0 Å². The molecule has 2 heterocycles. The summed E-state index contributed by atoms with van der Waals surface area (Å²) >= 11 is 5.90. The number of rotatable bonds is 8. The van der Waals surface area contributed by atoms with Crippen molar-refractivity contribution < 1.29 is 19.1 Å². The van der Waals surface area contributed by atoms with E-state index >= 15 is 0 Å². The first-order valence-corrected chi connectivity index (χ1v) is 10.1. The molecule has 9 nitrogen and oxygen atoms in total. The van der Waals surface area contributed by atoms with Gasteiger partial charge in [0.2, 0.25) is 11.8 Å². The van der Waals surface area contributed by atoms with Crippen LogP contribution in [0.25, 0.3) is 0 Å². The van der Waals surface area contributed by atoms with Crippen LogP contribution in [0.5, 0.6) is 5.75 Å². The van der Waals surface area contributed by atoms with Crippen LogP contribution in [-0.4, -0.2) is 63.4 Å². The van der Waals surface area contributed by atoms with Crippen LogP contribution in [0.4, 0.5) is 0 Å². The van der Waals surface area contributed by atoms with Crippen LogP contribution < -0.4 is 10.5 Å². The summed E-state index contributed by atoms with van der Waals surface area (Å²) in [5.74, 6) is 1.46. The highest BCUT2D eigenvalue weighted by atomic mass is 35.5. The number of ether oxygens (including phenoxy) is 2. The van der Waals surface area contributed by atoms with Crippen molar-refractivity contribution >= 4 is 23.4 Å². The number of aryl methyl sites for hydroxylation is 3. The highest BCUT2D eigenvalue weighted by Crippen LogP contribution is 2.25. The lowest BCUT2D eigenvalue weighted by Gasteiger charge is -2.42. The first-order chi connectivity index (χ1) is 14.3. The number of benzene rings is 1. The number of nitrogens with zero attached hydrogens (tertiary/aromatic N) is 4. The zero-order valence-electron chi connectivity index (χ0n) is 17.1. The maximum atomic E-state index is 12.8. The van der Waals surface area contributed by atoms with E-state index in [1.54, 1.807) is 33.8 Å². The van der Waals surface area contributed by atoms with Crippen molar-refractivity contribution in [3.8, 4) is 5.75 Å². The Morgan fingerprint density at radius 1 is 1.30 bits per heavy atom. The number of halogens is 1. The Bertz CT molecular complexity index is 901. The van der Waals surface area contributed by atoms with E-state index in [4.69, 9.17) is 26.8 Å². The smallest absolute Gasteiger partial charge is 0.224 e. The minimum absolute atomic E-state index is 0.0498. The van der Waals surface area contributed by atoms with E-state index in [0.29, 0.717) is 36.3 Å². The van der Waals surface area contributed by atoms with Crippen LogP contribution in [0.2, 0.25) is 5.02 Å². The summed E-state index contributed by atoms with van der Waals surface area (Å²) < 4.78 is 13.5. The van der Waals surface area contributed by atoms with Crippen LogP contribution in [0.15, 0.2) is 24.3 Å². The molecule has 1 atom stereocenters. The maximum absolute atomic E-state index is 12.8. The average Bonchev–Trinajstić information content (AvgIpc) is 3.02. The van der Waals surface area contributed by atoms with Gasteiger partial charge in [0, 0.05) is 18.0 Å². The lowest BCUT2D eigenvalue weighted by Crippen LogP contribution is -2.58. The topological polar surface area (TPSA) is 113 Å². The molecular formula is C20H26ClN5O4. The molecule has 0 radical (unpaired) electrons. The minimum atomic E-state index is -1.00. The quantitative estimate of drug-likeness (QED) is 0.672. The van der Waals surface area contributed by atoms with Crippen molar-refractivity contribution in [2.75, 3.05) is 26.3 Å². The molecule has 10 heteroatoms. The van der Waals surface area contributed by atoms with Crippen molar-refractivity contribution in [1.82, 2.24) is 19.7 Å². The van der Waals surface area contributed by atoms with Gasteiger partial charge < -0.3 is 20.1 Å². The van der Waals surface area contributed by atoms with Crippen LogP contribution >= 0.6 is 11.6 Å². The predicted octanol–water partition coefficient (Wildman–Crippen LogP) is 1.49. The third-order valence-corrected chi connectivity index (χ3v) is 5.17. The SMILES string of the molecule is Cc1nc(C)n(CCC(=O)N2CCO[C@](COc3ccc(Cl)cc3)(CC(N)=O)C2)n1. The lowest BCUT2D eigenvalue weighted by molar-refractivity contribution is -0.162. The first kappa shape index (κ1) is 22.0. The van der Waals surface area contributed by atoms with E-state index in [9.17, 15) is 9.59 Å². The van der Waals surface area contributed by atoms with Gasteiger partial charge in [-0.1, -0.05) is 11.6 Å². The molecule has 0 saturated carbocycles. The second kappa shape index (κ2) is 9.44. The van der Waals surface area contributed by atoms with Crippen molar-refractivity contribution in [2.24, 2.45) is 5.73 Å². The van der Waals surface area contributed by atoms with Gasteiger partial charge in [-0.3, -0.25) is 9.59 Å². The van der Waals surface area contributed by atoms with Crippen LogP contribution in [0.3, 0.4) is 0 Å². The summed E-state index contributed by atoms with van der Waals surface area (Å²) in [5, 5.41) is 4.88. The standard InChI is InChI=1S/C20H26ClN5O4/c1-14-23-15(2)26(24-14)8-7-19(28)25-9-10-30-20(12-25,11-18(22)27)13-29-17-5-3-16(21)4-6-17/h3-6H,7-13H2,1-2H3,(H2,22,27)/t20-/m1/s1. The van der Waals surface area contributed by atoms with E-state index in [1.165, 1.54) is 0 Å². The Kier molecular flexibility index (Phi) is 6.94. The highest BCUT2D eigenvalue weighted by molar-refractivity contribution is 6.30. The van der Waals surface area contributed by atoms with Gasteiger partial charge in [0.05, 0.1) is 26.1 Å². The number of carbonyl (C=O) groups excluding carboxylic acids is 2. The number of primary amides is 1. The van der Waals surface area contributed by atoms with E-state index in [-0.39, 0.29) is 31.9 Å². The summed E-state index contributed by atoms with van der Waals surface area (Å²) in [7, 11) is 0. The van der Waals surface area contributed by atoms with E-state index in [1.807, 2.05) is 13.8 Å². The molecule has 162 valence electrons. The Hall–Kier alpha value is -2.65. The van der Waals surface area contributed by atoms with Crippen LogP contribution in [0.1, 0.15) is 24.5 Å². The predicted molar refractivity (Wildman–Crippen MR) is 110 cm³/mol. The van der Waals surface area contributed by atoms with Gasteiger partial charge in [0.15, 0.2) is 0 Å². The van der Waals surface area contributed by atoms with Crippen molar-refractivity contribution in [3.63, 3.8) is 0 Å². The Morgan fingerprint density at radius 3 is 2.67 bits per heavy atom. The molecule has 2 N–H and O–H groups in total. The minimum Gasteiger partial charge on any atom is -0.490 e. The molecule has 2 aromatic rings. The number of carbonyl (C=O) groups is 2. The number of hydrogen-bond acceptors (Lipinski definition) is 6. The summed E-state index contributed by atoms with van der Waals surface area (Å²) in [4.78, 5) is 30.5. The van der Waals surface area contributed by atoms with Gasteiger partial charge in [-0.25, -0.2) is 9.67 Å². The molecule has 1 aromatic carbocycles. The van der Waals surface area contributed by atoms with Gasteiger partial charge in [0.1, 0.15) is 29.6 Å². The number of amides is 2. The number of nitrogens with two attached hydrogens (primary N) is 1. The summed E-state index contributed by atoms with van der Waals surface area (Å²) in [6.07, 6.45) is 0.222. The van der Waals surface area contributed by atoms with E-state index in [0.717, 1.165) is 5.82 Å². The molecule has 1 aromatic heterocycles. The Balaban J connectivity index is 1.64. The molecule has 0 bridgehead atoms. The second-order valence-electron chi connectivity index (χ2n) is 7.41. The highest BCUT2D eigenvalue weighted by Gasteiger charge is 2.40. The largest absolute Gasteiger partial charge is 0.490 e. The molecule has 0 unspecified atom stereocenters. The van der Waals surface area contributed by atoms with E-state index < -0.39 is 11.5 Å². The summed E-state index contributed by atoms with van der Waals surface area (Å²) in [5.41, 5.74) is 4.46. The second-order valence-corrected chi connectivity index (χ2v) is 7.85. The van der Waals surface area contributed by atoms with E-state index in [2.05, 4.69) is 10.1 Å². The number of morpholine rings is 1. The fourth-order valence-corrected chi connectivity index (χ4v) is 3.62. The number of aromatic nitrogens is 3. The fourth-order valence-electron chi connectivity index (χ4n) is 3.50. The molecule has 0 spiro atoms. The first-order valence-electron chi connectivity index (χ1n) is 9.73. The van der Waals surface area contributed by atoms with Crippen LogP contribution in [0, 0.1) is 13.8 Å². The third kappa shape index (κ3) is 5.70. The van der Waals surface area contributed by atoms with Crippen LogP contribution in [-0.2, 0) is 20.9 Å². The maximum Gasteiger partial charge on any atom is 0.224 e. The molecule has 1 saturated heterocycles. The summed E-state index contributed by atoms with van der Waals surface area (Å²) in [6, 6.07) is 6.88.